The Morgan fingerprint density at radius 1 is 1.32 bits per heavy atom. The number of aromatic carboxylic acids is 1. The van der Waals surface area contributed by atoms with Gasteiger partial charge in [-0.3, -0.25) is 4.79 Å². The Hall–Kier alpha value is -2.41. The zero-order valence-corrected chi connectivity index (χ0v) is 15.2. The standard InChI is InChI=1S/C18H26N4O3/c1-12(2)10-22-15-6-5-13(18(24)25)9-14(15)20-16(22)7-8-19-17(23)11-21(3)4/h5-6,9,12H,7-8,10-11H2,1-4H3,(H,19,23)(H,24,25). The first-order valence-corrected chi connectivity index (χ1v) is 8.41. The van der Waals surface area contributed by atoms with Crippen molar-refractivity contribution < 1.29 is 14.7 Å². The van der Waals surface area contributed by atoms with E-state index < -0.39 is 5.97 Å². The fourth-order valence-electron chi connectivity index (χ4n) is 2.73. The van der Waals surface area contributed by atoms with Crippen LogP contribution in [0.4, 0.5) is 0 Å². The minimum atomic E-state index is -0.960. The molecule has 0 saturated heterocycles. The van der Waals surface area contributed by atoms with Crippen molar-refractivity contribution in [1.82, 2.24) is 19.8 Å². The predicted octanol–water partition coefficient (Wildman–Crippen LogP) is 1.61. The molecule has 0 spiro atoms. The fourth-order valence-corrected chi connectivity index (χ4v) is 2.73. The number of rotatable bonds is 8. The lowest BCUT2D eigenvalue weighted by Crippen LogP contribution is -2.34. The molecule has 25 heavy (non-hydrogen) atoms. The maximum absolute atomic E-state index is 11.8. The number of carbonyl (C=O) groups excluding carboxylic acids is 1. The van der Waals surface area contributed by atoms with Gasteiger partial charge < -0.3 is 19.9 Å². The van der Waals surface area contributed by atoms with Crippen molar-refractivity contribution in [1.29, 1.82) is 0 Å². The predicted molar refractivity (Wildman–Crippen MR) is 96.8 cm³/mol. The number of hydrogen-bond acceptors (Lipinski definition) is 4. The molecule has 0 bridgehead atoms. The Balaban J connectivity index is 2.21. The lowest BCUT2D eigenvalue weighted by molar-refractivity contribution is -0.121. The van der Waals surface area contributed by atoms with Gasteiger partial charge in [0, 0.05) is 19.5 Å². The van der Waals surface area contributed by atoms with Crippen molar-refractivity contribution in [2.45, 2.75) is 26.8 Å². The lowest BCUT2D eigenvalue weighted by Gasteiger charge is -2.13. The summed E-state index contributed by atoms with van der Waals surface area (Å²) in [5.41, 5.74) is 1.83. The maximum atomic E-state index is 11.8. The number of hydrogen-bond donors (Lipinski definition) is 2. The molecule has 0 aliphatic carbocycles. The summed E-state index contributed by atoms with van der Waals surface area (Å²) < 4.78 is 2.11. The molecule has 2 aromatic rings. The zero-order chi connectivity index (χ0) is 18.6. The summed E-state index contributed by atoms with van der Waals surface area (Å²) >= 11 is 0. The quantitative estimate of drug-likeness (QED) is 0.758. The van der Waals surface area contributed by atoms with Gasteiger partial charge in [-0.2, -0.15) is 0 Å². The molecule has 1 heterocycles. The smallest absolute Gasteiger partial charge is 0.335 e. The lowest BCUT2D eigenvalue weighted by atomic mass is 10.2. The SMILES string of the molecule is CC(C)Cn1c(CCNC(=O)CN(C)C)nc2cc(C(=O)O)ccc21. The highest BCUT2D eigenvalue weighted by molar-refractivity contribution is 5.92. The molecule has 0 aliphatic heterocycles. The molecular weight excluding hydrogens is 320 g/mol. The second-order valence-corrected chi connectivity index (χ2v) is 6.88. The number of nitrogens with zero attached hydrogens (tertiary/aromatic N) is 3. The molecule has 0 fully saturated rings. The fraction of sp³-hybridized carbons (Fsp3) is 0.500. The third kappa shape index (κ3) is 5.03. The molecular formula is C18H26N4O3. The van der Waals surface area contributed by atoms with E-state index in [4.69, 9.17) is 5.11 Å². The summed E-state index contributed by atoms with van der Waals surface area (Å²) in [6, 6.07) is 5.01. The average Bonchev–Trinajstić information content (AvgIpc) is 2.83. The van der Waals surface area contributed by atoms with Crippen molar-refractivity contribution in [2.75, 3.05) is 27.2 Å². The molecule has 2 rings (SSSR count). The van der Waals surface area contributed by atoms with Crippen LogP contribution in [0.25, 0.3) is 11.0 Å². The molecule has 0 radical (unpaired) electrons. The average molecular weight is 346 g/mol. The van der Waals surface area contributed by atoms with E-state index in [2.05, 4.69) is 28.7 Å². The van der Waals surface area contributed by atoms with Gasteiger partial charge in [-0.1, -0.05) is 13.8 Å². The van der Waals surface area contributed by atoms with E-state index in [0.717, 1.165) is 17.9 Å². The third-order valence-corrected chi connectivity index (χ3v) is 3.75. The van der Waals surface area contributed by atoms with E-state index in [1.165, 1.54) is 0 Å². The van der Waals surface area contributed by atoms with Gasteiger partial charge in [0.05, 0.1) is 23.1 Å². The van der Waals surface area contributed by atoms with Gasteiger partial charge in [0.25, 0.3) is 0 Å². The van der Waals surface area contributed by atoms with E-state index in [9.17, 15) is 9.59 Å². The van der Waals surface area contributed by atoms with Crippen LogP contribution in [0.3, 0.4) is 0 Å². The van der Waals surface area contributed by atoms with Gasteiger partial charge in [-0.25, -0.2) is 9.78 Å². The Morgan fingerprint density at radius 2 is 2.04 bits per heavy atom. The van der Waals surface area contributed by atoms with Crippen LogP contribution in [0.1, 0.15) is 30.0 Å². The number of carboxylic acid groups (broad SMARTS) is 1. The molecule has 1 amide bonds. The van der Waals surface area contributed by atoms with E-state index in [-0.39, 0.29) is 11.5 Å². The van der Waals surface area contributed by atoms with Crippen molar-refractivity contribution in [3.8, 4) is 0 Å². The molecule has 7 heteroatoms. The van der Waals surface area contributed by atoms with Gasteiger partial charge in [0.2, 0.25) is 5.91 Å². The molecule has 2 N–H and O–H groups in total. The van der Waals surface area contributed by atoms with Crippen molar-refractivity contribution in [3.05, 3.63) is 29.6 Å². The van der Waals surface area contributed by atoms with Gasteiger partial charge in [-0.15, -0.1) is 0 Å². The van der Waals surface area contributed by atoms with E-state index in [0.29, 0.717) is 30.9 Å². The number of likely N-dealkylation sites (N-methyl/N-ethyl adjacent to an activating group) is 1. The molecule has 0 atom stereocenters. The number of aromatic nitrogens is 2. The van der Waals surface area contributed by atoms with Crippen LogP contribution in [0.2, 0.25) is 0 Å². The summed E-state index contributed by atoms with van der Waals surface area (Å²) in [4.78, 5) is 29.3. The first kappa shape index (κ1) is 18.9. The largest absolute Gasteiger partial charge is 0.478 e. The number of amides is 1. The molecule has 136 valence electrons. The van der Waals surface area contributed by atoms with Crippen molar-refractivity contribution in [2.24, 2.45) is 5.92 Å². The highest BCUT2D eigenvalue weighted by Crippen LogP contribution is 2.20. The number of imidazole rings is 1. The summed E-state index contributed by atoms with van der Waals surface area (Å²) in [7, 11) is 3.70. The van der Waals surface area contributed by atoms with Crippen LogP contribution in [-0.4, -0.2) is 58.6 Å². The Morgan fingerprint density at radius 3 is 2.64 bits per heavy atom. The van der Waals surface area contributed by atoms with Crippen LogP contribution in [0.5, 0.6) is 0 Å². The highest BCUT2D eigenvalue weighted by atomic mass is 16.4. The van der Waals surface area contributed by atoms with E-state index in [1.54, 1.807) is 12.1 Å². The topological polar surface area (TPSA) is 87.5 Å². The van der Waals surface area contributed by atoms with E-state index in [1.807, 2.05) is 25.1 Å². The Bertz CT molecular complexity index is 765. The Kier molecular flexibility index (Phi) is 6.14. The van der Waals surface area contributed by atoms with Crippen molar-refractivity contribution in [3.63, 3.8) is 0 Å². The van der Waals surface area contributed by atoms with Crippen LogP contribution < -0.4 is 5.32 Å². The second-order valence-electron chi connectivity index (χ2n) is 6.88. The monoisotopic (exact) mass is 346 g/mol. The zero-order valence-electron chi connectivity index (χ0n) is 15.2. The number of benzene rings is 1. The first-order chi connectivity index (χ1) is 11.8. The van der Waals surface area contributed by atoms with Crippen LogP contribution in [-0.2, 0) is 17.8 Å². The third-order valence-electron chi connectivity index (χ3n) is 3.75. The van der Waals surface area contributed by atoms with Crippen LogP contribution >= 0.6 is 0 Å². The van der Waals surface area contributed by atoms with Gasteiger partial charge in [0.15, 0.2) is 0 Å². The normalized spacial score (nSPS) is 11.4. The van der Waals surface area contributed by atoms with E-state index >= 15 is 0 Å². The van der Waals surface area contributed by atoms with Gasteiger partial charge >= 0.3 is 5.97 Å². The first-order valence-electron chi connectivity index (χ1n) is 8.41. The summed E-state index contributed by atoms with van der Waals surface area (Å²) in [6.07, 6.45) is 0.600. The van der Waals surface area contributed by atoms with Gasteiger partial charge in [-0.05, 0) is 38.2 Å². The molecule has 0 unspecified atom stereocenters. The highest BCUT2D eigenvalue weighted by Gasteiger charge is 2.14. The number of nitrogens with one attached hydrogen (secondary N) is 1. The molecule has 0 aliphatic rings. The van der Waals surface area contributed by atoms with Crippen LogP contribution in [0.15, 0.2) is 18.2 Å². The van der Waals surface area contributed by atoms with Crippen molar-refractivity contribution >= 4 is 22.9 Å². The number of carbonyl (C=O) groups is 2. The number of carboxylic acids is 1. The minimum absolute atomic E-state index is 0.0234. The summed E-state index contributed by atoms with van der Waals surface area (Å²) in [5, 5.41) is 12.0. The molecule has 1 aromatic carbocycles. The molecule has 1 aromatic heterocycles. The summed E-state index contributed by atoms with van der Waals surface area (Å²) in [6.45, 7) is 5.90. The maximum Gasteiger partial charge on any atom is 0.335 e. The molecule has 7 nitrogen and oxygen atoms in total. The molecule has 0 saturated carbocycles. The van der Waals surface area contributed by atoms with Crippen LogP contribution in [0, 0.1) is 5.92 Å². The minimum Gasteiger partial charge on any atom is -0.478 e. The number of fused-ring (bicyclic) bond motifs is 1. The second kappa shape index (κ2) is 8.11. The summed E-state index contributed by atoms with van der Waals surface area (Å²) in [5.74, 6) is 0.303. The van der Waals surface area contributed by atoms with Gasteiger partial charge in [0.1, 0.15) is 5.82 Å². The Labute approximate surface area is 147 Å².